The average Bonchev–Trinajstić information content (AvgIpc) is 3.29. The zero-order valence-corrected chi connectivity index (χ0v) is 24.0. The summed E-state index contributed by atoms with van der Waals surface area (Å²) >= 11 is 0. The summed E-state index contributed by atoms with van der Waals surface area (Å²) < 4.78 is 0. The van der Waals surface area contributed by atoms with Gasteiger partial charge in [-0.15, -0.1) is 0 Å². The van der Waals surface area contributed by atoms with Gasteiger partial charge in [0.1, 0.15) is 0 Å². The summed E-state index contributed by atoms with van der Waals surface area (Å²) in [5.74, 6) is 0. The largest absolute Gasteiger partial charge is 0.0622 e. The molecule has 0 aliphatic heterocycles. The summed E-state index contributed by atoms with van der Waals surface area (Å²) in [5, 5.41) is 2.70. The Hall–Kier alpha value is -4.42. The van der Waals surface area contributed by atoms with Crippen LogP contribution in [-0.4, -0.2) is 0 Å². The minimum Gasteiger partial charge on any atom is -0.0622 e. The highest BCUT2D eigenvalue weighted by molar-refractivity contribution is 6.19. The van der Waals surface area contributed by atoms with Gasteiger partial charge >= 0.3 is 0 Å². The highest BCUT2D eigenvalue weighted by atomic mass is 14.3. The molecular formula is C40H34. The van der Waals surface area contributed by atoms with Crippen LogP contribution in [0.4, 0.5) is 0 Å². The van der Waals surface area contributed by atoms with Crippen molar-refractivity contribution in [3.8, 4) is 55.6 Å². The second kappa shape index (κ2) is 9.07. The van der Waals surface area contributed by atoms with Gasteiger partial charge in [-0.25, -0.2) is 0 Å². The molecule has 194 valence electrons. The van der Waals surface area contributed by atoms with Crippen LogP contribution in [-0.2, 0) is 5.41 Å². The Morgan fingerprint density at radius 3 is 1.70 bits per heavy atom. The molecule has 0 N–H and O–H groups in total. The normalized spacial score (nSPS) is 12.1. The summed E-state index contributed by atoms with van der Waals surface area (Å²) in [4.78, 5) is 0. The van der Waals surface area contributed by atoms with Crippen molar-refractivity contribution in [1.82, 2.24) is 0 Å². The number of fused-ring (bicyclic) bond motifs is 3. The van der Waals surface area contributed by atoms with Crippen molar-refractivity contribution in [2.45, 2.75) is 40.0 Å². The van der Waals surface area contributed by atoms with E-state index in [2.05, 4.69) is 150 Å². The zero-order valence-electron chi connectivity index (χ0n) is 24.0. The van der Waals surface area contributed by atoms with Crippen molar-refractivity contribution in [2.24, 2.45) is 0 Å². The molecule has 6 aromatic carbocycles. The van der Waals surface area contributed by atoms with Gasteiger partial charge in [-0.2, -0.15) is 0 Å². The van der Waals surface area contributed by atoms with Crippen LogP contribution in [0.15, 0.2) is 115 Å². The summed E-state index contributed by atoms with van der Waals surface area (Å²) in [6.07, 6.45) is 0. The smallest absolute Gasteiger partial charge is 0.00201 e. The van der Waals surface area contributed by atoms with Gasteiger partial charge in [-0.05, 0) is 108 Å². The Morgan fingerprint density at radius 2 is 0.950 bits per heavy atom. The Balaban J connectivity index is 1.41. The van der Waals surface area contributed by atoms with E-state index in [0.29, 0.717) is 0 Å². The highest BCUT2D eigenvalue weighted by Crippen LogP contribution is 2.51. The van der Waals surface area contributed by atoms with E-state index in [1.54, 1.807) is 0 Å². The molecule has 40 heavy (non-hydrogen) atoms. The van der Waals surface area contributed by atoms with Gasteiger partial charge in [0.2, 0.25) is 0 Å². The van der Waals surface area contributed by atoms with Crippen molar-refractivity contribution in [2.75, 3.05) is 0 Å². The van der Waals surface area contributed by atoms with Crippen LogP contribution in [0.5, 0.6) is 0 Å². The lowest BCUT2D eigenvalue weighted by Gasteiger charge is -2.20. The van der Waals surface area contributed by atoms with Crippen LogP contribution in [0.1, 0.15) is 37.5 Å². The quantitative estimate of drug-likeness (QED) is 0.220. The molecule has 0 fully saturated rings. The Labute approximate surface area is 238 Å². The maximum atomic E-state index is 2.41. The summed E-state index contributed by atoms with van der Waals surface area (Å²) in [5.41, 5.74) is 17.2. The van der Waals surface area contributed by atoms with E-state index in [0.717, 1.165) is 0 Å². The molecule has 0 spiro atoms. The van der Waals surface area contributed by atoms with Gasteiger partial charge in [0.25, 0.3) is 0 Å². The van der Waals surface area contributed by atoms with Crippen molar-refractivity contribution < 1.29 is 0 Å². The first-order valence-corrected chi connectivity index (χ1v) is 14.3. The van der Waals surface area contributed by atoms with Crippen molar-refractivity contribution in [3.05, 3.63) is 132 Å². The van der Waals surface area contributed by atoms with Crippen molar-refractivity contribution in [3.63, 3.8) is 0 Å². The number of hydrogen-bond donors (Lipinski definition) is 0. The molecule has 0 bridgehead atoms. The molecule has 6 aromatic rings. The maximum Gasteiger partial charge on any atom is -0.00201 e. The van der Waals surface area contributed by atoms with Crippen LogP contribution < -0.4 is 0 Å². The van der Waals surface area contributed by atoms with Gasteiger partial charge in [0.05, 0.1) is 0 Å². The Bertz CT molecular complexity index is 1930. The fraction of sp³-hybridized carbons (Fsp3) is 0.150. The predicted octanol–water partition coefficient (Wildman–Crippen LogP) is 11.4. The fourth-order valence-corrected chi connectivity index (χ4v) is 6.55. The lowest BCUT2D eigenvalue weighted by Crippen LogP contribution is -2.10. The SMILES string of the molecule is Cc1cc(-c2ccccc2-c2ccc3c4c(cccc24)-c2cc(C(C)(C)C)ccc2-3)c(C)cc1-c1ccccc1. The van der Waals surface area contributed by atoms with Crippen LogP contribution >= 0.6 is 0 Å². The Morgan fingerprint density at radius 1 is 0.400 bits per heavy atom. The molecule has 0 aromatic heterocycles. The molecule has 0 heteroatoms. The summed E-state index contributed by atoms with van der Waals surface area (Å²) in [6, 6.07) is 42.9. The van der Waals surface area contributed by atoms with Crippen LogP contribution in [0.2, 0.25) is 0 Å². The Kier molecular flexibility index (Phi) is 5.58. The van der Waals surface area contributed by atoms with Crippen molar-refractivity contribution in [1.29, 1.82) is 0 Å². The summed E-state index contributed by atoms with van der Waals surface area (Å²) in [6.45, 7) is 11.4. The molecule has 0 saturated heterocycles. The van der Waals surface area contributed by atoms with Gasteiger partial charge in [-0.3, -0.25) is 0 Å². The number of hydrogen-bond acceptors (Lipinski definition) is 0. The second-order valence-electron chi connectivity index (χ2n) is 12.3. The molecule has 0 amide bonds. The summed E-state index contributed by atoms with van der Waals surface area (Å²) in [7, 11) is 0. The highest BCUT2D eigenvalue weighted by Gasteiger charge is 2.25. The van der Waals surface area contributed by atoms with Gasteiger partial charge < -0.3 is 0 Å². The predicted molar refractivity (Wildman–Crippen MR) is 173 cm³/mol. The number of aryl methyl sites for hydroxylation is 2. The molecule has 0 nitrogen and oxygen atoms in total. The topological polar surface area (TPSA) is 0 Å². The van der Waals surface area contributed by atoms with Crippen molar-refractivity contribution >= 4 is 10.8 Å². The molecule has 0 heterocycles. The molecule has 0 atom stereocenters. The molecular weight excluding hydrogens is 480 g/mol. The van der Waals surface area contributed by atoms with E-state index in [1.165, 1.54) is 83.1 Å². The second-order valence-corrected chi connectivity index (χ2v) is 12.3. The monoisotopic (exact) mass is 514 g/mol. The first-order valence-electron chi connectivity index (χ1n) is 14.3. The maximum absolute atomic E-state index is 2.41. The molecule has 7 rings (SSSR count). The number of rotatable bonds is 3. The van der Waals surface area contributed by atoms with Crippen LogP contribution in [0, 0.1) is 13.8 Å². The van der Waals surface area contributed by atoms with E-state index >= 15 is 0 Å². The molecule has 1 aliphatic carbocycles. The first-order chi connectivity index (χ1) is 19.3. The third-order valence-electron chi connectivity index (χ3n) is 8.67. The third-order valence-corrected chi connectivity index (χ3v) is 8.67. The minimum atomic E-state index is 0.119. The van der Waals surface area contributed by atoms with E-state index in [9.17, 15) is 0 Å². The number of benzene rings is 6. The average molecular weight is 515 g/mol. The molecule has 1 aliphatic rings. The fourth-order valence-electron chi connectivity index (χ4n) is 6.55. The van der Waals surface area contributed by atoms with E-state index < -0.39 is 0 Å². The van der Waals surface area contributed by atoms with E-state index in [-0.39, 0.29) is 5.41 Å². The van der Waals surface area contributed by atoms with Crippen LogP contribution in [0.3, 0.4) is 0 Å². The zero-order chi connectivity index (χ0) is 27.6. The third kappa shape index (κ3) is 3.82. The first kappa shape index (κ1) is 24.6. The standard InChI is InChI=1S/C40H34/c1-25-23-37(26(2)22-36(25)27-12-7-6-8-13-27)30-15-10-9-14-29(30)31-20-21-35-32-19-18-28(40(3,4)5)24-38(32)34-17-11-16-33(31)39(34)35/h6-24H,1-5H3. The van der Waals surface area contributed by atoms with Gasteiger partial charge in [-0.1, -0.05) is 130 Å². The van der Waals surface area contributed by atoms with Gasteiger partial charge in [0, 0.05) is 0 Å². The molecule has 0 radical (unpaired) electrons. The van der Waals surface area contributed by atoms with E-state index in [1.807, 2.05) is 0 Å². The van der Waals surface area contributed by atoms with Gasteiger partial charge in [0.15, 0.2) is 0 Å². The lowest BCUT2D eigenvalue weighted by atomic mass is 9.85. The minimum absolute atomic E-state index is 0.119. The van der Waals surface area contributed by atoms with E-state index in [4.69, 9.17) is 0 Å². The lowest BCUT2D eigenvalue weighted by molar-refractivity contribution is 0.590. The molecule has 0 saturated carbocycles. The van der Waals surface area contributed by atoms with Crippen LogP contribution in [0.25, 0.3) is 66.4 Å². The molecule has 0 unspecified atom stereocenters.